The molecule has 2 N–H and O–H groups in total. The van der Waals surface area contributed by atoms with Crippen LogP contribution in [0.25, 0.3) is 0 Å². The van der Waals surface area contributed by atoms with Crippen molar-refractivity contribution in [1.29, 1.82) is 0 Å². The monoisotopic (exact) mass is 263 g/mol. The third-order valence-electron chi connectivity index (χ3n) is 3.56. The molecule has 3 heteroatoms. The highest BCUT2D eigenvalue weighted by molar-refractivity contribution is 5.37. The number of fused-ring (bicyclic) bond motifs is 1. The highest BCUT2D eigenvalue weighted by Crippen LogP contribution is 2.25. The Labute approximate surface area is 116 Å². The number of hydrogen-bond acceptors (Lipinski definition) is 3. The van der Waals surface area contributed by atoms with Gasteiger partial charge in [0.15, 0.2) is 0 Å². The van der Waals surface area contributed by atoms with Gasteiger partial charge in [0.25, 0.3) is 0 Å². The van der Waals surface area contributed by atoms with Crippen molar-refractivity contribution < 1.29 is 9.84 Å². The number of rotatable bonds is 6. The van der Waals surface area contributed by atoms with E-state index >= 15 is 0 Å². The van der Waals surface area contributed by atoms with Crippen LogP contribution in [-0.4, -0.2) is 30.4 Å². The summed E-state index contributed by atoms with van der Waals surface area (Å²) >= 11 is 0. The largest absolute Gasteiger partial charge is 0.492 e. The number of aliphatic hydroxyl groups is 1. The molecule has 1 aromatic rings. The summed E-state index contributed by atoms with van der Waals surface area (Å²) in [5.41, 5.74) is 2.90. The molecule has 0 aromatic heterocycles. The number of ether oxygens (including phenoxy) is 1. The molecule has 1 aliphatic carbocycles. The third kappa shape index (κ3) is 4.22. The van der Waals surface area contributed by atoms with E-state index in [1.165, 1.54) is 36.8 Å². The van der Waals surface area contributed by atoms with Crippen LogP contribution in [0.15, 0.2) is 18.2 Å². The molecule has 1 unspecified atom stereocenters. The van der Waals surface area contributed by atoms with Gasteiger partial charge >= 0.3 is 0 Å². The van der Waals surface area contributed by atoms with Crippen molar-refractivity contribution >= 4 is 0 Å². The molecular formula is C16H25NO2. The van der Waals surface area contributed by atoms with Crippen molar-refractivity contribution in [3.63, 3.8) is 0 Å². The van der Waals surface area contributed by atoms with E-state index in [9.17, 15) is 5.11 Å². The lowest BCUT2D eigenvalue weighted by molar-refractivity contribution is 0.177. The maximum Gasteiger partial charge on any atom is 0.119 e. The summed E-state index contributed by atoms with van der Waals surface area (Å²) in [5.74, 6) is 0.921. The van der Waals surface area contributed by atoms with E-state index < -0.39 is 0 Å². The van der Waals surface area contributed by atoms with E-state index in [0.717, 1.165) is 5.75 Å². The first kappa shape index (κ1) is 14.4. The fourth-order valence-electron chi connectivity index (χ4n) is 2.62. The molecule has 0 bridgehead atoms. The maximum absolute atomic E-state index is 9.30. The SMILES string of the molecule is CC(C)NC(CO)COc1ccc2c(c1)CCCC2. The molecule has 1 aromatic carbocycles. The van der Waals surface area contributed by atoms with Crippen molar-refractivity contribution in [2.75, 3.05) is 13.2 Å². The second kappa shape index (κ2) is 6.92. The van der Waals surface area contributed by atoms with E-state index in [-0.39, 0.29) is 12.6 Å². The van der Waals surface area contributed by atoms with Gasteiger partial charge in [-0.25, -0.2) is 0 Å². The molecule has 1 atom stereocenters. The van der Waals surface area contributed by atoms with E-state index in [1.807, 2.05) is 6.07 Å². The number of hydrogen-bond donors (Lipinski definition) is 2. The van der Waals surface area contributed by atoms with Gasteiger partial charge in [-0.2, -0.15) is 0 Å². The van der Waals surface area contributed by atoms with Gasteiger partial charge in [-0.1, -0.05) is 19.9 Å². The standard InChI is InChI=1S/C16H25NO2/c1-12(2)17-15(10-18)11-19-16-8-7-13-5-3-4-6-14(13)9-16/h7-9,12,15,17-18H,3-6,10-11H2,1-2H3. The van der Waals surface area contributed by atoms with Crippen LogP contribution in [0.5, 0.6) is 5.75 Å². The Bertz CT molecular complexity index is 404. The molecule has 106 valence electrons. The minimum absolute atomic E-state index is 0.00367. The minimum atomic E-state index is -0.00367. The third-order valence-corrected chi connectivity index (χ3v) is 3.56. The van der Waals surface area contributed by atoms with Gasteiger partial charge in [-0.05, 0) is 48.9 Å². The van der Waals surface area contributed by atoms with E-state index in [4.69, 9.17) is 4.74 Å². The number of benzene rings is 1. The quantitative estimate of drug-likeness (QED) is 0.827. The fourth-order valence-corrected chi connectivity index (χ4v) is 2.62. The van der Waals surface area contributed by atoms with Crippen LogP contribution in [0.2, 0.25) is 0 Å². The lowest BCUT2D eigenvalue weighted by atomic mass is 9.92. The average molecular weight is 263 g/mol. The van der Waals surface area contributed by atoms with Crippen molar-refractivity contribution in [3.05, 3.63) is 29.3 Å². The maximum atomic E-state index is 9.30. The summed E-state index contributed by atoms with van der Waals surface area (Å²) in [6, 6.07) is 6.75. The van der Waals surface area contributed by atoms with Crippen LogP contribution in [0.4, 0.5) is 0 Å². The number of aliphatic hydroxyl groups excluding tert-OH is 1. The predicted molar refractivity (Wildman–Crippen MR) is 77.7 cm³/mol. The Morgan fingerprint density at radius 1 is 1.21 bits per heavy atom. The summed E-state index contributed by atoms with van der Waals surface area (Å²) in [5, 5.41) is 12.6. The molecule has 0 saturated heterocycles. The van der Waals surface area contributed by atoms with Crippen LogP contribution in [0, 0.1) is 0 Å². The molecule has 0 amide bonds. The van der Waals surface area contributed by atoms with Gasteiger partial charge in [-0.15, -0.1) is 0 Å². The van der Waals surface area contributed by atoms with Gasteiger partial charge in [-0.3, -0.25) is 0 Å². The zero-order chi connectivity index (χ0) is 13.7. The van der Waals surface area contributed by atoms with E-state index in [1.54, 1.807) is 0 Å². The van der Waals surface area contributed by atoms with Crippen LogP contribution >= 0.6 is 0 Å². The predicted octanol–water partition coefficient (Wildman–Crippen LogP) is 2.30. The number of aryl methyl sites for hydroxylation is 2. The molecule has 19 heavy (non-hydrogen) atoms. The Morgan fingerprint density at radius 2 is 1.95 bits per heavy atom. The molecule has 0 aliphatic heterocycles. The van der Waals surface area contributed by atoms with Crippen molar-refractivity contribution in [2.45, 2.75) is 51.6 Å². The molecule has 3 nitrogen and oxygen atoms in total. The lowest BCUT2D eigenvalue weighted by Crippen LogP contribution is -2.41. The molecular weight excluding hydrogens is 238 g/mol. The van der Waals surface area contributed by atoms with Gasteiger partial charge in [0.2, 0.25) is 0 Å². The Balaban J connectivity index is 1.92. The lowest BCUT2D eigenvalue weighted by Gasteiger charge is -2.21. The van der Waals surface area contributed by atoms with Crippen LogP contribution < -0.4 is 10.1 Å². The van der Waals surface area contributed by atoms with Gasteiger partial charge in [0.1, 0.15) is 12.4 Å². The first-order valence-electron chi connectivity index (χ1n) is 7.30. The van der Waals surface area contributed by atoms with Crippen molar-refractivity contribution in [1.82, 2.24) is 5.32 Å². The van der Waals surface area contributed by atoms with Crippen LogP contribution in [0.1, 0.15) is 37.8 Å². The summed E-state index contributed by atoms with van der Waals surface area (Å²) < 4.78 is 5.80. The second-order valence-corrected chi connectivity index (χ2v) is 5.65. The van der Waals surface area contributed by atoms with Crippen LogP contribution in [0.3, 0.4) is 0 Å². The van der Waals surface area contributed by atoms with Crippen molar-refractivity contribution in [2.24, 2.45) is 0 Å². The van der Waals surface area contributed by atoms with Crippen molar-refractivity contribution in [3.8, 4) is 5.75 Å². The first-order valence-corrected chi connectivity index (χ1v) is 7.30. The fraction of sp³-hybridized carbons (Fsp3) is 0.625. The molecule has 0 radical (unpaired) electrons. The van der Waals surface area contributed by atoms with Crippen LogP contribution in [-0.2, 0) is 12.8 Å². The molecule has 0 saturated carbocycles. The summed E-state index contributed by atoms with van der Waals surface area (Å²) in [6.07, 6.45) is 4.95. The molecule has 1 aliphatic rings. The molecule has 0 spiro atoms. The normalized spacial score (nSPS) is 16.2. The minimum Gasteiger partial charge on any atom is -0.492 e. The van der Waals surface area contributed by atoms with E-state index in [2.05, 4.69) is 31.3 Å². The number of nitrogens with one attached hydrogen (secondary N) is 1. The molecule has 0 heterocycles. The van der Waals surface area contributed by atoms with E-state index in [0.29, 0.717) is 12.6 Å². The van der Waals surface area contributed by atoms with Gasteiger partial charge in [0.05, 0.1) is 12.6 Å². The van der Waals surface area contributed by atoms with Gasteiger partial charge in [0, 0.05) is 6.04 Å². The summed E-state index contributed by atoms with van der Waals surface area (Å²) in [6.45, 7) is 4.75. The Morgan fingerprint density at radius 3 is 2.63 bits per heavy atom. The highest BCUT2D eigenvalue weighted by atomic mass is 16.5. The Hall–Kier alpha value is -1.06. The summed E-state index contributed by atoms with van der Waals surface area (Å²) in [7, 11) is 0. The average Bonchev–Trinajstić information content (AvgIpc) is 2.42. The second-order valence-electron chi connectivity index (χ2n) is 5.65. The zero-order valence-corrected chi connectivity index (χ0v) is 12.0. The topological polar surface area (TPSA) is 41.5 Å². The molecule has 0 fully saturated rings. The van der Waals surface area contributed by atoms with Gasteiger partial charge < -0.3 is 15.2 Å². The molecule has 2 rings (SSSR count). The zero-order valence-electron chi connectivity index (χ0n) is 12.0. The summed E-state index contributed by atoms with van der Waals surface area (Å²) in [4.78, 5) is 0. The first-order chi connectivity index (χ1) is 9.19. The smallest absolute Gasteiger partial charge is 0.119 e. The highest BCUT2D eigenvalue weighted by Gasteiger charge is 2.12. The Kier molecular flexibility index (Phi) is 5.23.